The van der Waals surface area contributed by atoms with Crippen molar-refractivity contribution < 1.29 is 8.42 Å². The van der Waals surface area contributed by atoms with Gasteiger partial charge < -0.3 is 4.90 Å². The molecule has 0 bridgehead atoms. The SMILES string of the molecule is CN(CCC1CCS(=O)(=O)C1)Cc1cnc2ccccc2n1. The van der Waals surface area contributed by atoms with Crippen LogP contribution in [0, 0.1) is 5.92 Å². The first-order valence-electron chi connectivity index (χ1n) is 7.61. The molecular formula is C16H21N3O2S. The zero-order chi connectivity index (χ0) is 15.6. The molecule has 0 saturated carbocycles. The van der Waals surface area contributed by atoms with E-state index in [1.807, 2.05) is 37.5 Å². The van der Waals surface area contributed by atoms with Crippen molar-refractivity contribution in [3.63, 3.8) is 0 Å². The first kappa shape index (κ1) is 15.4. The van der Waals surface area contributed by atoms with Gasteiger partial charge in [-0.3, -0.25) is 4.98 Å². The summed E-state index contributed by atoms with van der Waals surface area (Å²) < 4.78 is 22.9. The highest BCUT2D eigenvalue weighted by atomic mass is 32.2. The molecule has 6 heteroatoms. The zero-order valence-corrected chi connectivity index (χ0v) is 13.6. The predicted molar refractivity (Wildman–Crippen MR) is 87.2 cm³/mol. The van der Waals surface area contributed by atoms with E-state index in [4.69, 9.17) is 0 Å². The highest BCUT2D eigenvalue weighted by Crippen LogP contribution is 2.21. The maximum Gasteiger partial charge on any atom is 0.150 e. The summed E-state index contributed by atoms with van der Waals surface area (Å²) in [4.78, 5) is 11.2. The molecule has 1 aromatic carbocycles. The molecular weight excluding hydrogens is 298 g/mol. The lowest BCUT2D eigenvalue weighted by Crippen LogP contribution is -2.22. The molecule has 2 heterocycles. The number of para-hydroxylation sites is 2. The summed E-state index contributed by atoms with van der Waals surface area (Å²) in [5.41, 5.74) is 2.76. The Morgan fingerprint density at radius 1 is 1.27 bits per heavy atom. The van der Waals surface area contributed by atoms with E-state index in [0.717, 1.165) is 42.7 Å². The van der Waals surface area contributed by atoms with Crippen LogP contribution in [0.15, 0.2) is 30.5 Å². The van der Waals surface area contributed by atoms with Crippen LogP contribution in [0.5, 0.6) is 0 Å². The van der Waals surface area contributed by atoms with Gasteiger partial charge in [0.15, 0.2) is 9.84 Å². The van der Waals surface area contributed by atoms with Crippen LogP contribution in [-0.2, 0) is 16.4 Å². The third-order valence-electron chi connectivity index (χ3n) is 4.18. The number of hydrogen-bond acceptors (Lipinski definition) is 5. The van der Waals surface area contributed by atoms with Crippen molar-refractivity contribution in [2.24, 2.45) is 5.92 Å². The lowest BCUT2D eigenvalue weighted by atomic mass is 10.1. The van der Waals surface area contributed by atoms with E-state index in [-0.39, 0.29) is 0 Å². The van der Waals surface area contributed by atoms with Crippen molar-refractivity contribution in [3.05, 3.63) is 36.2 Å². The molecule has 5 nitrogen and oxygen atoms in total. The summed E-state index contributed by atoms with van der Waals surface area (Å²) in [6.07, 6.45) is 3.56. The standard InChI is InChI=1S/C16H21N3O2S/c1-19(8-6-13-7-9-22(20,21)12-13)11-14-10-17-15-4-2-3-5-16(15)18-14/h2-5,10,13H,6-9,11-12H2,1H3. The summed E-state index contributed by atoms with van der Waals surface area (Å²) in [6, 6.07) is 7.84. The van der Waals surface area contributed by atoms with E-state index in [2.05, 4.69) is 14.9 Å². The van der Waals surface area contributed by atoms with Gasteiger partial charge in [0.25, 0.3) is 0 Å². The predicted octanol–water partition coefficient (Wildman–Crippen LogP) is 1.89. The second-order valence-electron chi connectivity index (χ2n) is 6.15. The van der Waals surface area contributed by atoms with Crippen LogP contribution in [0.25, 0.3) is 11.0 Å². The number of aromatic nitrogens is 2. The van der Waals surface area contributed by atoms with E-state index >= 15 is 0 Å². The van der Waals surface area contributed by atoms with Gasteiger partial charge in [0.2, 0.25) is 0 Å². The Hall–Kier alpha value is -1.53. The van der Waals surface area contributed by atoms with E-state index in [0.29, 0.717) is 17.4 Å². The van der Waals surface area contributed by atoms with Crippen LogP contribution in [0.1, 0.15) is 18.5 Å². The maximum atomic E-state index is 11.5. The van der Waals surface area contributed by atoms with E-state index in [1.54, 1.807) is 0 Å². The van der Waals surface area contributed by atoms with Crippen LogP contribution in [-0.4, -0.2) is 48.4 Å². The minimum atomic E-state index is -2.77. The van der Waals surface area contributed by atoms with Gasteiger partial charge in [0.1, 0.15) is 0 Å². The number of sulfone groups is 1. The molecule has 22 heavy (non-hydrogen) atoms. The second-order valence-corrected chi connectivity index (χ2v) is 8.37. The molecule has 1 atom stereocenters. The van der Waals surface area contributed by atoms with Crippen molar-refractivity contribution in [2.45, 2.75) is 19.4 Å². The minimum Gasteiger partial charge on any atom is -0.300 e. The van der Waals surface area contributed by atoms with Gasteiger partial charge in [-0.1, -0.05) is 12.1 Å². The Labute approximate surface area is 131 Å². The summed E-state index contributed by atoms with van der Waals surface area (Å²) in [5, 5.41) is 0. The van der Waals surface area contributed by atoms with Crippen molar-refractivity contribution in [2.75, 3.05) is 25.1 Å². The lowest BCUT2D eigenvalue weighted by Gasteiger charge is -2.18. The molecule has 0 N–H and O–H groups in total. The van der Waals surface area contributed by atoms with E-state index in [9.17, 15) is 8.42 Å². The average molecular weight is 319 g/mol. The molecule has 118 valence electrons. The fourth-order valence-electron chi connectivity index (χ4n) is 2.93. The van der Waals surface area contributed by atoms with E-state index in [1.165, 1.54) is 0 Å². The topological polar surface area (TPSA) is 63.2 Å². The van der Waals surface area contributed by atoms with Gasteiger partial charge in [0, 0.05) is 6.54 Å². The molecule has 1 saturated heterocycles. The Morgan fingerprint density at radius 3 is 2.77 bits per heavy atom. The smallest absolute Gasteiger partial charge is 0.150 e. The van der Waals surface area contributed by atoms with Gasteiger partial charge in [0.05, 0.1) is 34.4 Å². The minimum absolute atomic E-state index is 0.315. The van der Waals surface area contributed by atoms with Gasteiger partial charge in [-0.15, -0.1) is 0 Å². The van der Waals surface area contributed by atoms with Crippen molar-refractivity contribution in [1.29, 1.82) is 0 Å². The molecule has 0 amide bonds. The van der Waals surface area contributed by atoms with Gasteiger partial charge in [-0.05, 0) is 44.5 Å². The summed E-state index contributed by atoms with van der Waals surface area (Å²) in [5.74, 6) is 1.03. The van der Waals surface area contributed by atoms with Crippen LogP contribution in [0.2, 0.25) is 0 Å². The molecule has 0 aliphatic carbocycles. The normalized spacial score (nSPS) is 20.7. The summed E-state index contributed by atoms with van der Waals surface area (Å²) in [6.45, 7) is 1.62. The molecule has 1 aliphatic heterocycles. The molecule has 1 fully saturated rings. The van der Waals surface area contributed by atoms with E-state index < -0.39 is 9.84 Å². The first-order valence-corrected chi connectivity index (χ1v) is 9.44. The third kappa shape index (κ3) is 3.81. The molecule has 1 aliphatic rings. The van der Waals surface area contributed by atoms with Gasteiger partial charge in [-0.25, -0.2) is 13.4 Å². The summed E-state index contributed by atoms with van der Waals surface area (Å²) in [7, 11) is -0.725. The van der Waals surface area contributed by atoms with Crippen molar-refractivity contribution in [1.82, 2.24) is 14.9 Å². The zero-order valence-electron chi connectivity index (χ0n) is 12.8. The largest absolute Gasteiger partial charge is 0.300 e. The number of hydrogen-bond donors (Lipinski definition) is 0. The van der Waals surface area contributed by atoms with Crippen LogP contribution < -0.4 is 0 Å². The average Bonchev–Trinajstić information content (AvgIpc) is 2.84. The monoisotopic (exact) mass is 319 g/mol. The highest BCUT2D eigenvalue weighted by Gasteiger charge is 2.27. The van der Waals surface area contributed by atoms with Crippen molar-refractivity contribution >= 4 is 20.9 Å². The van der Waals surface area contributed by atoms with Gasteiger partial charge in [-0.2, -0.15) is 0 Å². The molecule has 0 radical (unpaired) electrons. The Morgan fingerprint density at radius 2 is 2.05 bits per heavy atom. The Bertz CT molecular complexity index is 761. The lowest BCUT2D eigenvalue weighted by molar-refractivity contribution is 0.296. The number of rotatable bonds is 5. The van der Waals surface area contributed by atoms with Crippen LogP contribution >= 0.6 is 0 Å². The van der Waals surface area contributed by atoms with Crippen molar-refractivity contribution in [3.8, 4) is 0 Å². The van der Waals surface area contributed by atoms with Gasteiger partial charge >= 0.3 is 0 Å². The third-order valence-corrected chi connectivity index (χ3v) is 6.01. The first-order chi connectivity index (χ1) is 10.5. The number of fused-ring (bicyclic) bond motifs is 1. The fraction of sp³-hybridized carbons (Fsp3) is 0.500. The Balaban J connectivity index is 1.55. The molecule has 1 unspecified atom stereocenters. The quantitative estimate of drug-likeness (QED) is 0.842. The molecule has 0 spiro atoms. The highest BCUT2D eigenvalue weighted by molar-refractivity contribution is 7.91. The fourth-order valence-corrected chi connectivity index (χ4v) is 4.84. The summed E-state index contributed by atoms with van der Waals surface area (Å²) >= 11 is 0. The Kier molecular flexibility index (Phi) is 4.40. The number of nitrogens with zero attached hydrogens (tertiary/aromatic N) is 3. The van der Waals surface area contributed by atoms with Crippen LogP contribution in [0.3, 0.4) is 0 Å². The molecule has 1 aromatic heterocycles. The second kappa shape index (κ2) is 6.30. The van der Waals surface area contributed by atoms with Crippen LogP contribution in [0.4, 0.5) is 0 Å². The maximum absolute atomic E-state index is 11.5. The molecule has 2 aromatic rings. The molecule has 3 rings (SSSR count). The number of benzene rings is 1.